The van der Waals surface area contributed by atoms with E-state index in [0.29, 0.717) is 5.56 Å². The number of halogens is 1. The number of nitrogens with zero attached hydrogens (tertiary/aromatic N) is 1. The zero-order valence-corrected chi connectivity index (χ0v) is 11.8. The highest BCUT2D eigenvalue weighted by Crippen LogP contribution is 2.22. The smallest absolute Gasteiger partial charge is 0.276 e. The van der Waals surface area contributed by atoms with Gasteiger partial charge in [-0.25, -0.2) is 4.83 Å². The third kappa shape index (κ3) is 3.49. The lowest BCUT2D eigenvalue weighted by Gasteiger charge is -2.02. The molecular formula is C13H11ClN2O3S. The summed E-state index contributed by atoms with van der Waals surface area (Å²) in [5.41, 5.74) is 0.559. The van der Waals surface area contributed by atoms with Crippen LogP contribution < -0.4 is 4.83 Å². The molecule has 0 bridgehead atoms. The summed E-state index contributed by atoms with van der Waals surface area (Å²) in [6.45, 7) is 0. The van der Waals surface area contributed by atoms with E-state index in [1.54, 1.807) is 24.3 Å². The van der Waals surface area contributed by atoms with Gasteiger partial charge < -0.3 is 5.11 Å². The number of aromatic hydroxyl groups is 1. The first-order chi connectivity index (χ1) is 9.49. The van der Waals surface area contributed by atoms with Crippen LogP contribution in [0.25, 0.3) is 0 Å². The molecule has 2 aromatic rings. The van der Waals surface area contributed by atoms with Gasteiger partial charge in [-0.05, 0) is 35.9 Å². The number of phenolic OH excluding ortho intramolecular Hbond substituents is 1. The summed E-state index contributed by atoms with van der Waals surface area (Å²) in [4.78, 5) is 2.22. The number of benzene rings is 2. The van der Waals surface area contributed by atoms with Crippen LogP contribution in [0.1, 0.15) is 5.56 Å². The number of rotatable bonds is 4. The summed E-state index contributed by atoms with van der Waals surface area (Å²) >= 11 is 5.73. The average Bonchev–Trinajstić information content (AvgIpc) is 2.44. The van der Waals surface area contributed by atoms with Crippen LogP contribution in [0.2, 0.25) is 5.02 Å². The fraction of sp³-hybridized carbons (Fsp3) is 0. The normalized spacial score (nSPS) is 11.7. The van der Waals surface area contributed by atoms with Gasteiger partial charge in [-0.2, -0.15) is 13.5 Å². The molecule has 5 nitrogen and oxygen atoms in total. The van der Waals surface area contributed by atoms with Crippen molar-refractivity contribution in [1.29, 1.82) is 0 Å². The summed E-state index contributed by atoms with van der Waals surface area (Å²) in [7, 11) is -3.68. The maximum atomic E-state index is 11.9. The molecule has 0 heterocycles. The van der Waals surface area contributed by atoms with E-state index in [-0.39, 0.29) is 15.7 Å². The van der Waals surface area contributed by atoms with Crippen molar-refractivity contribution in [2.75, 3.05) is 0 Å². The molecule has 0 spiro atoms. The Bertz CT molecular complexity index is 731. The van der Waals surface area contributed by atoms with E-state index in [1.807, 2.05) is 0 Å². The minimum absolute atomic E-state index is 0.0475. The number of hydrazone groups is 1. The molecule has 0 fully saturated rings. The van der Waals surface area contributed by atoms with Gasteiger partial charge in [0.1, 0.15) is 5.75 Å². The van der Waals surface area contributed by atoms with E-state index in [4.69, 9.17) is 11.6 Å². The molecule has 104 valence electrons. The Hall–Kier alpha value is -2.05. The van der Waals surface area contributed by atoms with Gasteiger partial charge in [0.25, 0.3) is 10.0 Å². The minimum atomic E-state index is -3.68. The Labute approximate surface area is 121 Å². The van der Waals surface area contributed by atoms with Crippen LogP contribution in [-0.4, -0.2) is 19.7 Å². The Morgan fingerprint density at radius 3 is 2.50 bits per heavy atom. The zero-order chi connectivity index (χ0) is 14.6. The predicted octanol–water partition coefficient (Wildman–Crippen LogP) is 2.36. The molecule has 0 radical (unpaired) electrons. The molecule has 0 aliphatic heterocycles. The van der Waals surface area contributed by atoms with Gasteiger partial charge in [0, 0.05) is 0 Å². The molecule has 0 aliphatic carbocycles. The zero-order valence-electron chi connectivity index (χ0n) is 10.2. The fourth-order valence-electron chi connectivity index (χ4n) is 1.43. The second kappa shape index (κ2) is 5.94. The fourth-order valence-corrected chi connectivity index (χ4v) is 2.43. The average molecular weight is 311 g/mol. The molecule has 0 aliphatic rings. The standard InChI is InChI=1S/C13H11ClN2O3S/c14-12-8-10(6-7-13(12)17)9-15-16-20(18,19)11-4-2-1-3-5-11/h1-9,16-17H/b15-9+. The van der Waals surface area contributed by atoms with Gasteiger partial charge in [-0.15, -0.1) is 0 Å². The molecule has 0 amide bonds. The van der Waals surface area contributed by atoms with Gasteiger partial charge >= 0.3 is 0 Å². The number of hydrogen-bond donors (Lipinski definition) is 2. The second-order valence-electron chi connectivity index (χ2n) is 3.88. The van der Waals surface area contributed by atoms with Crippen LogP contribution in [0.5, 0.6) is 5.75 Å². The predicted molar refractivity (Wildman–Crippen MR) is 77.5 cm³/mol. The molecule has 2 aromatic carbocycles. The summed E-state index contributed by atoms with van der Waals surface area (Å²) < 4.78 is 23.7. The SMILES string of the molecule is O=S(=O)(N/N=C/c1ccc(O)c(Cl)c1)c1ccccc1. The third-order valence-electron chi connectivity index (χ3n) is 2.41. The summed E-state index contributed by atoms with van der Waals surface area (Å²) in [5.74, 6) is -0.0475. The summed E-state index contributed by atoms with van der Waals surface area (Å²) in [5, 5.41) is 13.1. The van der Waals surface area contributed by atoms with Crippen molar-refractivity contribution in [1.82, 2.24) is 4.83 Å². The van der Waals surface area contributed by atoms with Crippen molar-refractivity contribution in [3.05, 3.63) is 59.1 Å². The van der Waals surface area contributed by atoms with E-state index in [2.05, 4.69) is 9.93 Å². The minimum Gasteiger partial charge on any atom is -0.506 e. The third-order valence-corrected chi connectivity index (χ3v) is 3.95. The maximum Gasteiger partial charge on any atom is 0.276 e. The van der Waals surface area contributed by atoms with Crippen molar-refractivity contribution >= 4 is 27.8 Å². The molecule has 0 aromatic heterocycles. The number of nitrogens with one attached hydrogen (secondary N) is 1. The monoisotopic (exact) mass is 310 g/mol. The Morgan fingerprint density at radius 1 is 1.15 bits per heavy atom. The summed E-state index contributed by atoms with van der Waals surface area (Å²) in [6.07, 6.45) is 1.30. The van der Waals surface area contributed by atoms with E-state index >= 15 is 0 Å². The van der Waals surface area contributed by atoms with Gasteiger partial charge in [0.15, 0.2) is 0 Å². The molecule has 0 unspecified atom stereocenters. The van der Waals surface area contributed by atoms with Crippen molar-refractivity contribution in [3.8, 4) is 5.75 Å². The largest absolute Gasteiger partial charge is 0.506 e. The Morgan fingerprint density at radius 2 is 1.85 bits per heavy atom. The van der Waals surface area contributed by atoms with Gasteiger partial charge in [0.05, 0.1) is 16.1 Å². The van der Waals surface area contributed by atoms with Crippen molar-refractivity contribution in [3.63, 3.8) is 0 Å². The first-order valence-electron chi connectivity index (χ1n) is 5.57. The van der Waals surface area contributed by atoms with Crippen LogP contribution in [0.15, 0.2) is 58.5 Å². The van der Waals surface area contributed by atoms with Gasteiger partial charge in [0.2, 0.25) is 0 Å². The maximum absolute atomic E-state index is 11.9. The number of sulfonamides is 1. The lowest BCUT2D eigenvalue weighted by Crippen LogP contribution is -2.18. The van der Waals surface area contributed by atoms with Gasteiger partial charge in [-0.1, -0.05) is 29.8 Å². The first kappa shape index (κ1) is 14.4. The highest BCUT2D eigenvalue weighted by Gasteiger charge is 2.10. The highest BCUT2D eigenvalue weighted by atomic mass is 35.5. The quantitative estimate of drug-likeness (QED) is 0.672. The molecule has 20 heavy (non-hydrogen) atoms. The molecule has 0 saturated heterocycles. The van der Waals surface area contributed by atoms with Crippen LogP contribution in [0.4, 0.5) is 0 Å². The van der Waals surface area contributed by atoms with E-state index in [0.717, 1.165) is 0 Å². The molecule has 0 atom stereocenters. The Kier molecular flexibility index (Phi) is 4.26. The lowest BCUT2D eigenvalue weighted by molar-refractivity contribution is 0.475. The van der Waals surface area contributed by atoms with Crippen LogP contribution in [0, 0.1) is 0 Å². The van der Waals surface area contributed by atoms with E-state index in [1.165, 1.54) is 30.5 Å². The van der Waals surface area contributed by atoms with Gasteiger partial charge in [-0.3, -0.25) is 0 Å². The van der Waals surface area contributed by atoms with Crippen molar-refractivity contribution in [2.24, 2.45) is 5.10 Å². The van der Waals surface area contributed by atoms with Crippen molar-refractivity contribution in [2.45, 2.75) is 4.90 Å². The second-order valence-corrected chi connectivity index (χ2v) is 5.94. The molecule has 0 saturated carbocycles. The van der Waals surface area contributed by atoms with E-state index < -0.39 is 10.0 Å². The van der Waals surface area contributed by atoms with E-state index in [9.17, 15) is 13.5 Å². The highest BCUT2D eigenvalue weighted by molar-refractivity contribution is 7.89. The first-order valence-corrected chi connectivity index (χ1v) is 7.43. The number of phenols is 1. The van der Waals surface area contributed by atoms with Crippen LogP contribution in [-0.2, 0) is 10.0 Å². The molecule has 2 rings (SSSR count). The summed E-state index contributed by atoms with van der Waals surface area (Å²) in [6, 6.07) is 12.3. The molecule has 7 heteroatoms. The molecular weight excluding hydrogens is 300 g/mol. The molecule has 2 N–H and O–H groups in total. The van der Waals surface area contributed by atoms with Crippen molar-refractivity contribution < 1.29 is 13.5 Å². The van der Waals surface area contributed by atoms with Crippen LogP contribution in [0.3, 0.4) is 0 Å². The van der Waals surface area contributed by atoms with Crippen LogP contribution >= 0.6 is 11.6 Å². The lowest BCUT2D eigenvalue weighted by atomic mass is 10.2. The topological polar surface area (TPSA) is 78.8 Å². The number of hydrogen-bond acceptors (Lipinski definition) is 4. The Balaban J connectivity index is 2.12.